The van der Waals surface area contributed by atoms with Gasteiger partial charge in [-0.1, -0.05) is 48.0 Å². The maximum atomic E-state index is 13.3. The maximum Gasteiger partial charge on any atom is 0.264 e. The van der Waals surface area contributed by atoms with E-state index < -0.39 is 10.0 Å². The molecule has 0 saturated carbocycles. The average Bonchev–Trinajstić information content (AvgIpc) is 2.81. The topological polar surface area (TPSA) is 66.5 Å². The van der Waals surface area contributed by atoms with E-state index in [-0.39, 0.29) is 17.3 Å². The highest BCUT2D eigenvalue weighted by Gasteiger charge is 2.26. The number of nitrogens with zero attached hydrogens (tertiary/aromatic N) is 1. The highest BCUT2D eigenvalue weighted by atomic mass is 127. The first-order valence-electron chi connectivity index (χ1n) is 10.6. The zero-order valence-electron chi connectivity index (χ0n) is 18.4. The van der Waals surface area contributed by atoms with Crippen LogP contribution < -0.4 is 9.62 Å². The lowest BCUT2D eigenvalue weighted by Crippen LogP contribution is -2.41. The number of aryl methyl sites for hydroxylation is 1. The van der Waals surface area contributed by atoms with Crippen LogP contribution in [0, 0.1) is 10.5 Å². The number of anilines is 1. The largest absolute Gasteiger partial charge is 0.354 e. The summed E-state index contributed by atoms with van der Waals surface area (Å²) >= 11 is 3.98. The molecule has 8 heteroatoms. The molecule has 0 spiro atoms. The Morgan fingerprint density at radius 2 is 1.73 bits per heavy atom. The normalized spacial score (nSPS) is 11.2. The van der Waals surface area contributed by atoms with Gasteiger partial charge in [0.1, 0.15) is 6.54 Å². The molecule has 5 nitrogen and oxygen atoms in total. The van der Waals surface area contributed by atoms with Crippen LogP contribution in [0.5, 0.6) is 0 Å². The molecule has 0 aliphatic carbocycles. The maximum absolute atomic E-state index is 13.3. The molecule has 0 bridgehead atoms. The minimum atomic E-state index is -3.87. The molecule has 3 aromatic rings. The lowest BCUT2D eigenvalue weighted by atomic mass is 10.2. The molecule has 0 radical (unpaired) electrons. The Balaban J connectivity index is 1.56. The van der Waals surface area contributed by atoms with Gasteiger partial charge >= 0.3 is 0 Å². The van der Waals surface area contributed by atoms with Crippen LogP contribution in [0.2, 0.25) is 0 Å². The average molecular weight is 595 g/mol. The summed E-state index contributed by atoms with van der Waals surface area (Å²) in [5.41, 5.74) is 3.01. The number of benzene rings is 3. The molecule has 174 valence electrons. The fraction of sp³-hybridized carbons (Fsp3) is 0.240. The van der Waals surface area contributed by atoms with Gasteiger partial charge in [0.25, 0.3) is 10.0 Å². The van der Waals surface area contributed by atoms with E-state index in [1.165, 1.54) is 15.4 Å². The number of nitrogens with one attached hydrogen (secondary N) is 1. The molecule has 33 heavy (non-hydrogen) atoms. The van der Waals surface area contributed by atoms with Gasteiger partial charge in [-0.2, -0.15) is 11.8 Å². The summed E-state index contributed by atoms with van der Waals surface area (Å²) in [5, 5.41) is 2.87. The predicted octanol–water partition coefficient (Wildman–Crippen LogP) is 5.23. The summed E-state index contributed by atoms with van der Waals surface area (Å²) in [4.78, 5) is 12.8. The predicted molar refractivity (Wildman–Crippen MR) is 145 cm³/mol. The summed E-state index contributed by atoms with van der Waals surface area (Å²) < 4.78 is 28.7. The van der Waals surface area contributed by atoms with Gasteiger partial charge in [0.2, 0.25) is 5.91 Å². The van der Waals surface area contributed by atoms with Crippen LogP contribution >= 0.6 is 34.4 Å². The number of hydrogen-bond acceptors (Lipinski definition) is 4. The van der Waals surface area contributed by atoms with Crippen molar-refractivity contribution in [2.75, 3.05) is 23.1 Å². The van der Waals surface area contributed by atoms with Crippen molar-refractivity contribution < 1.29 is 13.2 Å². The number of rotatable bonds is 11. The third-order valence-electron chi connectivity index (χ3n) is 4.87. The van der Waals surface area contributed by atoms with E-state index in [0.717, 1.165) is 21.5 Å². The molecule has 0 saturated heterocycles. The van der Waals surface area contributed by atoms with E-state index in [2.05, 4.69) is 59.1 Å². The second-order valence-electron chi connectivity index (χ2n) is 7.55. The molecule has 0 aliphatic rings. The van der Waals surface area contributed by atoms with Crippen LogP contribution in [0.4, 0.5) is 5.69 Å². The van der Waals surface area contributed by atoms with Crippen LogP contribution in [-0.4, -0.2) is 33.2 Å². The number of hydrogen-bond donors (Lipinski definition) is 1. The SMILES string of the molecule is Cc1cccc(CSCCCNC(=O)CN(c2ccc(I)cc2)S(=O)(=O)c2ccccc2)c1. The Bertz CT molecular complexity index is 1150. The Labute approximate surface area is 214 Å². The number of sulfonamides is 1. The zero-order valence-corrected chi connectivity index (χ0v) is 22.2. The Kier molecular flexibility index (Phi) is 9.64. The van der Waals surface area contributed by atoms with Crippen molar-refractivity contribution in [1.82, 2.24) is 5.32 Å². The van der Waals surface area contributed by atoms with Gasteiger partial charge in [-0.15, -0.1) is 0 Å². The van der Waals surface area contributed by atoms with Gasteiger partial charge in [0.05, 0.1) is 10.6 Å². The number of thioether (sulfide) groups is 1. The first-order valence-corrected chi connectivity index (χ1v) is 14.3. The highest BCUT2D eigenvalue weighted by Crippen LogP contribution is 2.24. The van der Waals surface area contributed by atoms with Gasteiger partial charge in [-0.25, -0.2) is 8.42 Å². The van der Waals surface area contributed by atoms with Gasteiger partial charge in [0.15, 0.2) is 0 Å². The van der Waals surface area contributed by atoms with E-state index >= 15 is 0 Å². The monoisotopic (exact) mass is 594 g/mol. The van der Waals surface area contributed by atoms with E-state index in [9.17, 15) is 13.2 Å². The van der Waals surface area contributed by atoms with E-state index in [1.807, 2.05) is 23.9 Å². The summed E-state index contributed by atoms with van der Waals surface area (Å²) in [5.74, 6) is 1.53. The Hall–Kier alpha value is -2.04. The van der Waals surface area contributed by atoms with Crippen LogP contribution in [0.3, 0.4) is 0 Å². The first kappa shape index (κ1) is 25.6. The van der Waals surface area contributed by atoms with Crippen LogP contribution in [0.15, 0.2) is 83.8 Å². The summed E-state index contributed by atoms with van der Waals surface area (Å²) in [6, 6.07) is 23.7. The number of halogens is 1. The smallest absolute Gasteiger partial charge is 0.264 e. The number of amides is 1. The second-order valence-corrected chi connectivity index (χ2v) is 11.8. The lowest BCUT2D eigenvalue weighted by Gasteiger charge is -2.24. The minimum Gasteiger partial charge on any atom is -0.354 e. The second kappa shape index (κ2) is 12.4. The molecular weight excluding hydrogens is 567 g/mol. The molecule has 0 fully saturated rings. The van der Waals surface area contributed by atoms with Crippen LogP contribution in [0.25, 0.3) is 0 Å². The molecule has 1 amide bonds. The van der Waals surface area contributed by atoms with Crippen molar-refractivity contribution in [3.05, 3.63) is 93.6 Å². The fourth-order valence-electron chi connectivity index (χ4n) is 3.22. The third-order valence-corrected chi connectivity index (χ3v) is 8.49. The van der Waals surface area contributed by atoms with E-state index in [0.29, 0.717) is 12.2 Å². The summed E-state index contributed by atoms with van der Waals surface area (Å²) in [6.07, 6.45) is 0.817. The van der Waals surface area contributed by atoms with Crippen LogP contribution in [0.1, 0.15) is 17.5 Å². The molecule has 0 atom stereocenters. The summed E-state index contributed by atoms with van der Waals surface area (Å²) in [7, 11) is -3.87. The van der Waals surface area contributed by atoms with Crippen molar-refractivity contribution in [2.24, 2.45) is 0 Å². The molecule has 3 rings (SSSR count). The quantitative estimate of drug-likeness (QED) is 0.244. The van der Waals surface area contributed by atoms with Crippen molar-refractivity contribution in [1.29, 1.82) is 0 Å². The Morgan fingerprint density at radius 1 is 1.00 bits per heavy atom. The molecule has 0 aliphatic heterocycles. The molecule has 0 unspecified atom stereocenters. The summed E-state index contributed by atoms with van der Waals surface area (Å²) in [6.45, 7) is 2.32. The molecule has 3 aromatic carbocycles. The number of carbonyl (C=O) groups excluding carboxylic acids is 1. The van der Waals surface area contributed by atoms with Crippen molar-refractivity contribution in [3.63, 3.8) is 0 Å². The molecule has 1 N–H and O–H groups in total. The molecule has 0 heterocycles. The van der Waals surface area contributed by atoms with Crippen LogP contribution in [-0.2, 0) is 20.6 Å². The third kappa shape index (κ3) is 7.75. The van der Waals surface area contributed by atoms with Gasteiger partial charge in [0, 0.05) is 15.9 Å². The fourth-order valence-corrected chi connectivity index (χ4v) is 5.93. The van der Waals surface area contributed by atoms with E-state index in [1.54, 1.807) is 42.5 Å². The van der Waals surface area contributed by atoms with Gasteiger partial charge in [-0.05, 0) is 83.6 Å². The molecule has 0 aromatic heterocycles. The van der Waals surface area contributed by atoms with E-state index in [4.69, 9.17) is 0 Å². The van der Waals surface area contributed by atoms with Crippen molar-refractivity contribution in [2.45, 2.75) is 24.0 Å². The standard InChI is InChI=1S/C25H27IN2O3S2/c1-20-7-5-8-21(17-20)19-32-16-6-15-27-25(29)18-28(23-13-11-22(26)12-14-23)33(30,31)24-9-3-2-4-10-24/h2-5,7-14,17H,6,15-16,18-19H2,1H3,(H,27,29). The van der Waals surface area contributed by atoms with Gasteiger partial charge < -0.3 is 5.32 Å². The highest BCUT2D eigenvalue weighted by molar-refractivity contribution is 14.1. The zero-order chi connectivity index (χ0) is 23.7. The first-order chi connectivity index (χ1) is 15.9. The molecular formula is C25H27IN2O3S2. The van der Waals surface area contributed by atoms with Crippen molar-refractivity contribution >= 4 is 56.0 Å². The minimum absolute atomic E-state index is 0.156. The van der Waals surface area contributed by atoms with Crippen molar-refractivity contribution in [3.8, 4) is 0 Å². The Morgan fingerprint density at radius 3 is 2.42 bits per heavy atom. The van der Waals surface area contributed by atoms with Gasteiger partial charge in [-0.3, -0.25) is 9.10 Å². The number of carbonyl (C=O) groups is 1. The lowest BCUT2D eigenvalue weighted by molar-refractivity contribution is -0.119.